The van der Waals surface area contributed by atoms with Gasteiger partial charge in [-0.25, -0.2) is 4.79 Å². The van der Waals surface area contributed by atoms with E-state index in [1.807, 2.05) is 20.9 Å². The van der Waals surface area contributed by atoms with E-state index in [1.54, 1.807) is 31.2 Å². The number of hydrogen-bond acceptors (Lipinski definition) is 12. The fraction of sp³-hybridized carbons (Fsp3) is 0.405. The maximum atomic E-state index is 14.0. The van der Waals surface area contributed by atoms with Crippen LogP contribution in [0.15, 0.2) is 30.3 Å². The molecule has 0 saturated carbocycles. The van der Waals surface area contributed by atoms with E-state index in [0.717, 1.165) is 27.2 Å². The maximum Gasteiger partial charge on any atom is 0.330 e. The van der Waals surface area contributed by atoms with Crippen molar-refractivity contribution >= 4 is 29.5 Å². The Balaban J connectivity index is 0.00000374. The molecule has 12 nitrogen and oxygen atoms in total. The van der Waals surface area contributed by atoms with Gasteiger partial charge in [-0.2, -0.15) is 5.26 Å². The topological polar surface area (TPSA) is 153 Å². The van der Waals surface area contributed by atoms with Gasteiger partial charge in [0.2, 0.25) is 6.79 Å². The average molecular weight is 922 g/mol. The molecule has 2 amide bonds. The number of nitrogens with zero attached hydrogens (tertiary/aromatic N) is 4. The fourth-order valence-corrected chi connectivity index (χ4v) is 10.8. The molecule has 3 aromatic carbocycles. The van der Waals surface area contributed by atoms with Gasteiger partial charge in [0, 0.05) is 84.2 Å². The minimum Gasteiger partial charge on any atom is -0.507 e. The molecule has 51 heavy (non-hydrogen) atoms. The van der Waals surface area contributed by atoms with Gasteiger partial charge in [0.25, 0.3) is 11.8 Å². The standard InChI is InChI=1S/C37H34N4O8S.Ac/c1-15-9-18-10-21-22(11-38)40-23-12-47-37(46)24(41-35(44)19-7-5-6-8-20(19)36(41)45)13-50-34(29(40)28(39(21)4)25(18)30(42)16(15)2)27-26(23)33-32(48-14-49-33)17(3)31(27)43;/h5-9,21-24,28-29,34,42-43H,10,12-14H2,1-4H3;/t21-,22-,23+,24-,28+,29?,34+;/m0./s1. The van der Waals surface area contributed by atoms with E-state index in [9.17, 15) is 29.9 Å². The Morgan fingerprint density at radius 3 is 2.25 bits per heavy atom. The summed E-state index contributed by atoms with van der Waals surface area (Å²) in [6.45, 7) is 5.31. The second kappa shape index (κ2) is 12.4. The number of imide groups is 1. The van der Waals surface area contributed by atoms with Crippen LogP contribution in [0.25, 0.3) is 0 Å². The first kappa shape index (κ1) is 34.7. The molecular weight excluding hydrogens is 887 g/mol. The Kier molecular flexibility index (Phi) is 8.43. The van der Waals surface area contributed by atoms with E-state index in [0.29, 0.717) is 34.6 Å². The second-order valence-electron chi connectivity index (χ2n) is 13.9. The van der Waals surface area contributed by atoms with E-state index in [2.05, 4.69) is 21.9 Å². The van der Waals surface area contributed by atoms with Gasteiger partial charge in [-0.3, -0.25) is 24.3 Å². The van der Waals surface area contributed by atoms with Crippen LogP contribution in [-0.2, 0) is 16.0 Å². The number of ether oxygens (including phenoxy) is 3. The van der Waals surface area contributed by atoms with Crippen molar-refractivity contribution in [2.24, 2.45) is 0 Å². The molecule has 4 bridgehead atoms. The normalized spacial score (nSPS) is 29.0. The molecular formula is C37H34AcN4O8S. The number of nitriles is 1. The van der Waals surface area contributed by atoms with Gasteiger partial charge in [-0.05, 0) is 63.1 Å². The minimum atomic E-state index is -1.25. The first-order valence-electron chi connectivity index (χ1n) is 16.7. The number of fused-ring (bicyclic) bond motifs is 11. The number of benzene rings is 3. The summed E-state index contributed by atoms with van der Waals surface area (Å²) in [4.78, 5) is 46.6. The number of carbonyl (C=O) groups is 3. The predicted molar refractivity (Wildman–Crippen MR) is 179 cm³/mol. The number of likely N-dealkylation sites (N-methyl/N-ethyl adjacent to an activating group) is 1. The summed E-state index contributed by atoms with van der Waals surface area (Å²) in [5, 5.41) is 34.2. The zero-order valence-corrected chi connectivity index (χ0v) is 33.9. The van der Waals surface area contributed by atoms with Crippen LogP contribution in [0.5, 0.6) is 23.0 Å². The number of phenols is 2. The van der Waals surface area contributed by atoms with Gasteiger partial charge in [0.1, 0.15) is 30.2 Å². The van der Waals surface area contributed by atoms with Gasteiger partial charge in [0.05, 0.1) is 34.5 Å². The molecule has 7 aliphatic heterocycles. The largest absolute Gasteiger partial charge is 0.507 e. The molecule has 7 aliphatic rings. The number of aromatic hydroxyl groups is 2. The molecule has 0 spiro atoms. The summed E-state index contributed by atoms with van der Waals surface area (Å²) < 4.78 is 18.0. The fourth-order valence-electron chi connectivity index (χ4n) is 9.23. The third-order valence-corrected chi connectivity index (χ3v) is 13.1. The summed E-state index contributed by atoms with van der Waals surface area (Å²) in [5.41, 5.74) is 5.58. The molecule has 1 radical (unpaired) electrons. The quantitative estimate of drug-likeness (QED) is 0.269. The van der Waals surface area contributed by atoms with Crippen molar-refractivity contribution in [3.05, 3.63) is 80.4 Å². The molecule has 10 rings (SSSR count). The van der Waals surface area contributed by atoms with Gasteiger partial charge in [0.15, 0.2) is 11.5 Å². The zero-order chi connectivity index (χ0) is 34.9. The van der Waals surface area contributed by atoms with Crippen molar-refractivity contribution < 1.29 is 82.9 Å². The number of carbonyl (C=O) groups excluding carboxylic acids is 3. The summed E-state index contributed by atoms with van der Waals surface area (Å²) >= 11 is 1.32. The minimum absolute atomic E-state index is 0. The molecule has 259 valence electrons. The van der Waals surface area contributed by atoms with Crippen LogP contribution in [-0.4, -0.2) is 93.1 Å². The van der Waals surface area contributed by atoms with Gasteiger partial charge < -0.3 is 24.4 Å². The smallest absolute Gasteiger partial charge is 0.330 e. The molecule has 7 atom stereocenters. The summed E-state index contributed by atoms with van der Waals surface area (Å²) in [6.07, 6.45) is 0.522. The third-order valence-electron chi connectivity index (χ3n) is 11.7. The van der Waals surface area contributed by atoms with Crippen molar-refractivity contribution in [1.29, 1.82) is 5.26 Å². The molecule has 0 aromatic heterocycles. The van der Waals surface area contributed by atoms with Crippen LogP contribution in [0.2, 0.25) is 0 Å². The third kappa shape index (κ3) is 4.64. The number of hydrogen-bond donors (Lipinski definition) is 2. The molecule has 3 aromatic rings. The number of thioether (sulfide) groups is 1. The van der Waals surface area contributed by atoms with Crippen LogP contribution >= 0.6 is 11.8 Å². The number of rotatable bonds is 1. The monoisotopic (exact) mass is 921 g/mol. The van der Waals surface area contributed by atoms with Crippen LogP contribution in [0, 0.1) is 76.2 Å². The molecule has 2 N–H and O–H groups in total. The van der Waals surface area contributed by atoms with E-state index in [1.165, 1.54) is 11.8 Å². The Bertz CT molecular complexity index is 2090. The summed E-state index contributed by atoms with van der Waals surface area (Å²) in [7, 11) is 1.97. The average Bonchev–Trinajstić information content (AvgIpc) is 3.69. The maximum absolute atomic E-state index is 14.0. The molecule has 2 saturated heterocycles. The van der Waals surface area contributed by atoms with Crippen molar-refractivity contribution in [3.8, 4) is 29.1 Å². The second-order valence-corrected chi connectivity index (χ2v) is 15.1. The number of aryl methyl sites for hydroxylation is 1. The van der Waals surface area contributed by atoms with Gasteiger partial charge >= 0.3 is 5.97 Å². The Labute approximate surface area is 334 Å². The number of esters is 1. The van der Waals surface area contributed by atoms with E-state index in [4.69, 9.17) is 14.2 Å². The van der Waals surface area contributed by atoms with Gasteiger partial charge in [-0.1, -0.05) is 18.2 Å². The Hall–Kier alpha value is -3.33. The van der Waals surface area contributed by atoms with Crippen molar-refractivity contribution in [2.75, 3.05) is 26.2 Å². The SMILES string of the molecule is Cc1cc2c(c(O)c1C)[C@@H]1C3[C@@H]4SC[C@H](N5C(=O)c6ccccc6C5=O)C(=O)OC[C@H](c5c6c(c(C)c(O)c54)OCO6)N3[C@@H](C#N)[C@H](C2)N1C.[Ac]. The zero-order valence-electron chi connectivity index (χ0n) is 28.4. The molecule has 2 fully saturated rings. The van der Waals surface area contributed by atoms with Crippen LogP contribution < -0.4 is 9.47 Å². The van der Waals surface area contributed by atoms with Crippen LogP contribution in [0.3, 0.4) is 0 Å². The summed E-state index contributed by atoms with van der Waals surface area (Å²) in [6, 6.07) is 7.25. The summed E-state index contributed by atoms with van der Waals surface area (Å²) in [5.74, 6) is -0.869. The van der Waals surface area contributed by atoms with Crippen molar-refractivity contribution in [1.82, 2.24) is 14.7 Å². The molecule has 1 unspecified atom stereocenters. The van der Waals surface area contributed by atoms with E-state index in [-0.39, 0.29) is 91.9 Å². The predicted octanol–water partition coefficient (Wildman–Crippen LogP) is 3.98. The van der Waals surface area contributed by atoms with Crippen molar-refractivity contribution in [2.45, 2.75) is 68.7 Å². The molecule has 7 heterocycles. The van der Waals surface area contributed by atoms with E-state index >= 15 is 0 Å². The van der Waals surface area contributed by atoms with Crippen LogP contribution in [0.4, 0.5) is 0 Å². The number of phenolic OH excluding ortho intramolecular Hbond substituents is 2. The first-order chi connectivity index (χ1) is 24.0. The Morgan fingerprint density at radius 1 is 0.902 bits per heavy atom. The Morgan fingerprint density at radius 2 is 1.57 bits per heavy atom. The number of amides is 2. The molecule has 14 heteroatoms. The van der Waals surface area contributed by atoms with E-state index < -0.39 is 53.2 Å². The van der Waals surface area contributed by atoms with Crippen LogP contribution in [0.1, 0.15) is 77.0 Å². The first-order valence-corrected chi connectivity index (χ1v) is 17.7. The van der Waals surface area contributed by atoms with Crippen molar-refractivity contribution in [3.63, 3.8) is 0 Å². The van der Waals surface area contributed by atoms with Gasteiger partial charge in [-0.15, -0.1) is 11.8 Å². The number of piperazine rings is 1. The molecule has 0 aliphatic carbocycles.